The van der Waals surface area contributed by atoms with Gasteiger partial charge in [-0.1, -0.05) is 66.2 Å². The number of hydrogen-bond acceptors (Lipinski definition) is 4. The molecule has 5 rings (SSSR count). The number of amides is 1. The number of halogens is 1. The van der Waals surface area contributed by atoms with Crippen LogP contribution in [0.25, 0.3) is 11.1 Å². The topological polar surface area (TPSA) is 49.9 Å². The standard InChI is InChI=1S/C29H29ClN2O3/c1-31(28(33)18-25-24-17-23(30)13-14-27(24)35-29(25)34)26(19-32-15-5-6-16-32)22-11-9-21(10-12-22)20-7-3-2-4-8-20/h2-4,7-14,17,25-26H,5-6,15-16,18-19H2,1H3/t25?,26-/m1/s1. The van der Waals surface area contributed by atoms with E-state index in [1.54, 1.807) is 23.1 Å². The van der Waals surface area contributed by atoms with Crippen molar-refractivity contribution in [3.8, 4) is 16.9 Å². The number of nitrogens with zero attached hydrogens (tertiary/aromatic N) is 2. The summed E-state index contributed by atoms with van der Waals surface area (Å²) in [7, 11) is 1.84. The van der Waals surface area contributed by atoms with Gasteiger partial charge in [0.25, 0.3) is 0 Å². The number of carbonyl (C=O) groups is 2. The highest BCUT2D eigenvalue weighted by molar-refractivity contribution is 6.30. The lowest BCUT2D eigenvalue weighted by atomic mass is 9.95. The van der Waals surface area contributed by atoms with Gasteiger partial charge >= 0.3 is 5.97 Å². The lowest BCUT2D eigenvalue weighted by Gasteiger charge is -2.32. The number of likely N-dealkylation sites (tertiary alicyclic amines) is 1. The maximum absolute atomic E-state index is 13.5. The summed E-state index contributed by atoms with van der Waals surface area (Å²) in [6.45, 7) is 2.85. The van der Waals surface area contributed by atoms with Gasteiger partial charge < -0.3 is 14.5 Å². The van der Waals surface area contributed by atoms with Crippen molar-refractivity contribution >= 4 is 23.5 Å². The van der Waals surface area contributed by atoms with Gasteiger partial charge in [-0.05, 0) is 60.8 Å². The average Bonchev–Trinajstić information content (AvgIpc) is 3.50. The molecule has 2 heterocycles. The molecule has 1 unspecified atom stereocenters. The van der Waals surface area contributed by atoms with Crippen LogP contribution in [0.3, 0.4) is 0 Å². The Morgan fingerprint density at radius 1 is 1.03 bits per heavy atom. The van der Waals surface area contributed by atoms with Crippen LogP contribution in [-0.4, -0.2) is 48.4 Å². The summed E-state index contributed by atoms with van der Waals surface area (Å²) >= 11 is 6.15. The van der Waals surface area contributed by atoms with Crippen molar-refractivity contribution in [2.45, 2.75) is 31.2 Å². The third-order valence-electron chi connectivity index (χ3n) is 7.11. The van der Waals surface area contributed by atoms with Crippen molar-refractivity contribution in [2.75, 3.05) is 26.7 Å². The van der Waals surface area contributed by atoms with Crippen molar-refractivity contribution < 1.29 is 14.3 Å². The Kier molecular flexibility index (Phi) is 6.89. The minimum atomic E-state index is -0.633. The van der Waals surface area contributed by atoms with Gasteiger partial charge in [0.05, 0.1) is 12.0 Å². The first kappa shape index (κ1) is 23.6. The third kappa shape index (κ3) is 5.12. The first-order valence-corrected chi connectivity index (χ1v) is 12.5. The number of carbonyl (C=O) groups excluding carboxylic acids is 2. The molecule has 35 heavy (non-hydrogen) atoms. The first-order chi connectivity index (χ1) is 17.0. The second-order valence-electron chi connectivity index (χ2n) is 9.38. The van der Waals surface area contributed by atoms with Crippen LogP contribution in [0.5, 0.6) is 5.75 Å². The van der Waals surface area contributed by atoms with Gasteiger partial charge in [-0.25, -0.2) is 0 Å². The van der Waals surface area contributed by atoms with E-state index < -0.39 is 11.9 Å². The largest absolute Gasteiger partial charge is 0.426 e. The minimum absolute atomic E-state index is 0.0568. The van der Waals surface area contributed by atoms with E-state index in [1.807, 2.05) is 25.2 Å². The van der Waals surface area contributed by atoms with Crippen LogP contribution in [0, 0.1) is 0 Å². The van der Waals surface area contributed by atoms with Crippen molar-refractivity contribution in [3.63, 3.8) is 0 Å². The molecule has 3 aromatic carbocycles. The van der Waals surface area contributed by atoms with E-state index in [0.29, 0.717) is 16.3 Å². The molecule has 0 spiro atoms. The Labute approximate surface area is 211 Å². The molecule has 2 aliphatic rings. The molecule has 0 aliphatic carbocycles. The van der Waals surface area contributed by atoms with Crippen molar-refractivity contribution in [2.24, 2.45) is 0 Å². The molecule has 2 aliphatic heterocycles. The van der Waals surface area contributed by atoms with E-state index in [0.717, 1.165) is 36.3 Å². The van der Waals surface area contributed by atoms with Gasteiger partial charge in [-0.2, -0.15) is 0 Å². The van der Waals surface area contributed by atoms with Crippen molar-refractivity contribution in [3.05, 3.63) is 88.9 Å². The Bertz CT molecular complexity index is 1210. The summed E-state index contributed by atoms with van der Waals surface area (Å²) in [6, 6.07) is 23.7. The summed E-state index contributed by atoms with van der Waals surface area (Å²) in [5.41, 5.74) is 4.08. The Morgan fingerprint density at radius 3 is 2.43 bits per heavy atom. The zero-order valence-corrected chi connectivity index (χ0v) is 20.6. The molecule has 3 aromatic rings. The fourth-order valence-corrected chi connectivity index (χ4v) is 5.25. The molecule has 0 bridgehead atoms. The summed E-state index contributed by atoms with van der Waals surface area (Å²) in [5, 5.41) is 0.526. The number of benzene rings is 3. The maximum atomic E-state index is 13.5. The number of ether oxygens (including phenoxy) is 1. The Hall–Kier alpha value is -3.15. The fraction of sp³-hybridized carbons (Fsp3) is 0.310. The number of hydrogen-bond donors (Lipinski definition) is 0. The third-order valence-corrected chi connectivity index (χ3v) is 7.35. The molecule has 6 heteroatoms. The molecule has 5 nitrogen and oxygen atoms in total. The highest BCUT2D eigenvalue weighted by atomic mass is 35.5. The lowest BCUT2D eigenvalue weighted by molar-refractivity contribution is -0.139. The number of likely N-dealkylation sites (N-methyl/N-ethyl adjacent to an activating group) is 1. The molecule has 0 saturated carbocycles. The van der Waals surface area contributed by atoms with Gasteiger partial charge in [-0.15, -0.1) is 0 Å². The maximum Gasteiger partial charge on any atom is 0.319 e. The summed E-state index contributed by atoms with van der Waals surface area (Å²) in [4.78, 5) is 30.2. The fourth-order valence-electron chi connectivity index (χ4n) is 5.07. The van der Waals surface area contributed by atoms with Crippen LogP contribution in [0.2, 0.25) is 5.02 Å². The van der Waals surface area contributed by atoms with E-state index >= 15 is 0 Å². The quantitative estimate of drug-likeness (QED) is 0.316. The normalized spacial score (nSPS) is 18.2. The van der Waals surface area contributed by atoms with E-state index in [1.165, 1.54) is 12.8 Å². The molecule has 0 aromatic heterocycles. The summed E-state index contributed by atoms with van der Waals surface area (Å²) in [6.07, 6.45) is 2.42. The molecule has 1 amide bonds. The summed E-state index contributed by atoms with van der Waals surface area (Å²) < 4.78 is 5.39. The molecule has 1 saturated heterocycles. The number of fused-ring (bicyclic) bond motifs is 1. The van der Waals surface area contributed by atoms with Crippen LogP contribution in [0.1, 0.15) is 42.3 Å². The van der Waals surface area contributed by atoms with E-state index in [4.69, 9.17) is 16.3 Å². The molecular weight excluding hydrogens is 460 g/mol. The Balaban J connectivity index is 1.37. The summed E-state index contributed by atoms with van der Waals surface area (Å²) in [5.74, 6) is -0.625. The van der Waals surface area contributed by atoms with Crippen molar-refractivity contribution in [1.82, 2.24) is 9.80 Å². The SMILES string of the molecule is CN(C(=O)CC1C(=O)Oc2ccc(Cl)cc21)[C@H](CN1CCCC1)c1ccc(-c2ccccc2)cc1. The first-order valence-electron chi connectivity index (χ1n) is 12.1. The second-order valence-corrected chi connectivity index (χ2v) is 9.81. The second kappa shape index (κ2) is 10.2. The highest BCUT2D eigenvalue weighted by Gasteiger charge is 2.37. The molecule has 0 radical (unpaired) electrons. The zero-order valence-electron chi connectivity index (χ0n) is 19.8. The van der Waals surface area contributed by atoms with Crippen LogP contribution in [0.4, 0.5) is 0 Å². The zero-order chi connectivity index (χ0) is 24.4. The van der Waals surface area contributed by atoms with Gasteiger partial charge in [-0.3, -0.25) is 9.59 Å². The predicted octanol–water partition coefficient (Wildman–Crippen LogP) is 5.70. The van der Waals surface area contributed by atoms with Crippen molar-refractivity contribution in [1.29, 1.82) is 0 Å². The monoisotopic (exact) mass is 488 g/mol. The number of rotatable bonds is 7. The minimum Gasteiger partial charge on any atom is -0.426 e. The van der Waals surface area contributed by atoms with Crippen LogP contribution >= 0.6 is 11.6 Å². The van der Waals surface area contributed by atoms with Gasteiger partial charge in [0.15, 0.2) is 0 Å². The molecule has 180 valence electrons. The average molecular weight is 489 g/mol. The number of esters is 1. The van der Waals surface area contributed by atoms with Gasteiger partial charge in [0.1, 0.15) is 5.75 Å². The van der Waals surface area contributed by atoms with Gasteiger partial charge in [0.2, 0.25) is 5.91 Å². The molecule has 2 atom stereocenters. The van der Waals surface area contributed by atoms with E-state index in [2.05, 4.69) is 41.3 Å². The van der Waals surface area contributed by atoms with Crippen LogP contribution in [0.15, 0.2) is 72.8 Å². The van der Waals surface area contributed by atoms with E-state index in [9.17, 15) is 9.59 Å². The van der Waals surface area contributed by atoms with Crippen LogP contribution < -0.4 is 4.74 Å². The van der Waals surface area contributed by atoms with Gasteiger partial charge in [0, 0.05) is 30.6 Å². The highest BCUT2D eigenvalue weighted by Crippen LogP contribution is 2.39. The smallest absolute Gasteiger partial charge is 0.319 e. The lowest BCUT2D eigenvalue weighted by Crippen LogP contribution is -2.39. The molecule has 0 N–H and O–H groups in total. The Morgan fingerprint density at radius 2 is 1.71 bits per heavy atom. The predicted molar refractivity (Wildman–Crippen MR) is 138 cm³/mol. The van der Waals surface area contributed by atoms with E-state index in [-0.39, 0.29) is 18.4 Å². The molecule has 1 fully saturated rings. The molecular formula is C29H29ClN2O3. The van der Waals surface area contributed by atoms with Crippen LogP contribution in [-0.2, 0) is 9.59 Å².